The van der Waals surface area contributed by atoms with Gasteiger partial charge in [-0.05, 0) is 24.6 Å². The SMILES string of the molecule is CCc1cc2[nH]c(-c3ccc(OC)cc3OC)nc2cn1. The van der Waals surface area contributed by atoms with E-state index >= 15 is 0 Å². The molecule has 0 bridgehead atoms. The minimum atomic E-state index is 0.720. The lowest BCUT2D eigenvalue weighted by Gasteiger charge is -2.08. The minimum absolute atomic E-state index is 0.720. The Kier molecular flexibility index (Phi) is 3.48. The van der Waals surface area contributed by atoms with E-state index in [-0.39, 0.29) is 0 Å². The summed E-state index contributed by atoms with van der Waals surface area (Å²) in [6.07, 6.45) is 2.69. The molecular formula is C16H17N3O2. The van der Waals surface area contributed by atoms with E-state index in [0.29, 0.717) is 0 Å². The third-order valence-electron chi connectivity index (χ3n) is 3.45. The molecule has 3 aromatic rings. The van der Waals surface area contributed by atoms with Crippen LogP contribution in [0.3, 0.4) is 0 Å². The topological polar surface area (TPSA) is 60.0 Å². The fourth-order valence-corrected chi connectivity index (χ4v) is 2.27. The fourth-order valence-electron chi connectivity index (χ4n) is 2.27. The number of fused-ring (bicyclic) bond motifs is 1. The molecule has 1 aromatic carbocycles. The van der Waals surface area contributed by atoms with Crippen LogP contribution in [0.5, 0.6) is 11.5 Å². The number of aromatic amines is 1. The van der Waals surface area contributed by atoms with E-state index in [1.807, 2.05) is 24.3 Å². The molecule has 21 heavy (non-hydrogen) atoms. The highest BCUT2D eigenvalue weighted by Crippen LogP contribution is 2.32. The van der Waals surface area contributed by atoms with Gasteiger partial charge in [-0.25, -0.2) is 4.98 Å². The van der Waals surface area contributed by atoms with Gasteiger partial charge in [0.25, 0.3) is 0 Å². The quantitative estimate of drug-likeness (QED) is 0.798. The van der Waals surface area contributed by atoms with E-state index in [1.54, 1.807) is 20.4 Å². The molecular weight excluding hydrogens is 266 g/mol. The maximum atomic E-state index is 5.43. The van der Waals surface area contributed by atoms with Gasteiger partial charge >= 0.3 is 0 Å². The summed E-state index contributed by atoms with van der Waals surface area (Å²) >= 11 is 0. The molecule has 0 unspecified atom stereocenters. The third kappa shape index (κ3) is 2.42. The largest absolute Gasteiger partial charge is 0.497 e. The van der Waals surface area contributed by atoms with Gasteiger partial charge in [-0.15, -0.1) is 0 Å². The van der Waals surface area contributed by atoms with Gasteiger partial charge in [0, 0.05) is 11.8 Å². The van der Waals surface area contributed by atoms with Crippen LogP contribution >= 0.6 is 0 Å². The predicted octanol–water partition coefficient (Wildman–Crippen LogP) is 3.20. The maximum Gasteiger partial charge on any atom is 0.142 e. The highest BCUT2D eigenvalue weighted by Gasteiger charge is 2.12. The van der Waals surface area contributed by atoms with E-state index in [0.717, 1.165) is 46.0 Å². The smallest absolute Gasteiger partial charge is 0.142 e. The molecule has 5 heteroatoms. The first-order chi connectivity index (χ1) is 10.2. The molecule has 0 aliphatic carbocycles. The maximum absolute atomic E-state index is 5.43. The number of benzene rings is 1. The fraction of sp³-hybridized carbons (Fsp3) is 0.250. The van der Waals surface area contributed by atoms with Crippen LogP contribution in [0.15, 0.2) is 30.5 Å². The number of H-pyrrole nitrogens is 1. The summed E-state index contributed by atoms with van der Waals surface area (Å²) < 4.78 is 10.6. The number of nitrogens with one attached hydrogen (secondary N) is 1. The number of imidazole rings is 1. The van der Waals surface area contributed by atoms with Crippen LogP contribution in [-0.4, -0.2) is 29.2 Å². The molecule has 2 heterocycles. The Morgan fingerprint density at radius 3 is 2.71 bits per heavy atom. The molecule has 0 saturated heterocycles. The van der Waals surface area contributed by atoms with Crippen LogP contribution in [0, 0.1) is 0 Å². The molecule has 0 spiro atoms. The zero-order valence-corrected chi connectivity index (χ0v) is 12.3. The van der Waals surface area contributed by atoms with Crippen LogP contribution in [0.2, 0.25) is 0 Å². The zero-order valence-electron chi connectivity index (χ0n) is 12.3. The highest BCUT2D eigenvalue weighted by atomic mass is 16.5. The van der Waals surface area contributed by atoms with Crippen molar-refractivity contribution in [2.75, 3.05) is 14.2 Å². The Labute approximate surface area is 123 Å². The van der Waals surface area contributed by atoms with Crippen molar-refractivity contribution in [2.45, 2.75) is 13.3 Å². The first-order valence-electron chi connectivity index (χ1n) is 6.82. The van der Waals surface area contributed by atoms with Crippen molar-refractivity contribution in [2.24, 2.45) is 0 Å². The van der Waals surface area contributed by atoms with Crippen LogP contribution in [0.4, 0.5) is 0 Å². The van der Waals surface area contributed by atoms with E-state index in [2.05, 4.69) is 21.9 Å². The Hall–Kier alpha value is -2.56. The van der Waals surface area contributed by atoms with Gasteiger partial charge < -0.3 is 14.5 Å². The molecule has 2 aromatic heterocycles. The molecule has 0 aliphatic rings. The van der Waals surface area contributed by atoms with E-state index < -0.39 is 0 Å². The number of aromatic nitrogens is 3. The lowest BCUT2D eigenvalue weighted by molar-refractivity contribution is 0.395. The summed E-state index contributed by atoms with van der Waals surface area (Å²) in [7, 11) is 3.27. The summed E-state index contributed by atoms with van der Waals surface area (Å²) in [5.41, 5.74) is 3.77. The Morgan fingerprint density at radius 1 is 1.14 bits per heavy atom. The number of hydrogen-bond donors (Lipinski definition) is 1. The highest BCUT2D eigenvalue weighted by molar-refractivity contribution is 5.80. The van der Waals surface area contributed by atoms with Gasteiger partial charge in [0.1, 0.15) is 22.8 Å². The molecule has 0 radical (unpaired) electrons. The molecule has 108 valence electrons. The summed E-state index contributed by atoms with van der Waals surface area (Å²) in [6.45, 7) is 2.08. The first kappa shape index (κ1) is 13.4. The second-order valence-electron chi connectivity index (χ2n) is 4.70. The van der Waals surface area contributed by atoms with Crippen molar-refractivity contribution in [1.82, 2.24) is 15.0 Å². The molecule has 0 saturated carbocycles. The van der Waals surface area contributed by atoms with E-state index in [1.165, 1.54) is 0 Å². The van der Waals surface area contributed by atoms with Crippen molar-refractivity contribution < 1.29 is 9.47 Å². The summed E-state index contributed by atoms with van der Waals surface area (Å²) in [6, 6.07) is 7.70. The number of hydrogen-bond acceptors (Lipinski definition) is 4. The van der Waals surface area contributed by atoms with Crippen molar-refractivity contribution in [3.63, 3.8) is 0 Å². The molecule has 3 rings (SSSR count). The second kappa shape index (κ2) is 5.44. The molecule has 0 atom stereocenters. The second-order valence-corrected chi connectivity index (χ2v) is 4.70. The Bertz CT molecular complexity index is 780. The standard InChI is InChI=1S/C16H17N3O2/c1-4-10-7-13-14(9-17-10)19-16(18-13)12-6-5-11(20-2)8-15(12)21-3/h5-9H,4H2,1-3H3,(H,18,19). The van der Waals surface area contributed by atoms with Crippen molar-refractivity contribution in [3.05, 3.63) is 36.2 Å². The molecule has 0 amide bonds. The normalized spacial score (nSPS) is 10.8. The van der Waals surface area contributed by atoms with Gasteiger partial charge in [0.2, 0.25) is 0 Å². The van der Waals surface area contributed by atoms with Crippen LogP contribution in [0.25, 0.3) is 22.4 Å². The zero-order chi connectivity index (χ0) is 14.8. The lowest BCUT2D eigenvalue weighted by Crippen LogP contribution is -1.91. The summed E-state index contributed by atoms with van der Waals surface area (Å²) in [5.74, 6) is 2.23. The van der Waals surface area contributed by atoms with Gasteiger partial charge in [-0.3, -0.25) is 4.98 Å². The summed E-state index contributed by atoms with van der Waals surface area (Å²) in [5, 5.41) is 0. The van der Waals surface area contributed by atoms with E-state index in [9.17, 15) is 0 Å². The van der Waals surface area contributed by atoms with Gasteiger partial charge in [0.05, 0.1) is 31.5 Å². The number of methoxy groups -OCH3 is 2. The van der Waals surface area contributed by atoms with Gasteiger partial charge in [-0.1, -0.05) is 6.92 Å². The van der Waals surface area contributed by atoms with Crippen LogP contribution in [0.1, 0.15) is 12.6 Å². The molecule has 5 nitrogen and oxygen atoms in total. The predicted molar refractivity (Wildman–Crippen MR) is 81.8 cm³/mol. The number of ether oxygens (including phenoxy) is 2. The van der Waals surface area contributed by atoms with Crippen molar-refractivity contribution in [1.29, 1.82) is 0 Å². The molecule has 0 fully saturated rings. The van der Waals surface area contributed by atoms with Crippen LogP contribution in [-0.2, 0) is 6.42 Å². The number of rotatable bonds is 4. The molecule has 1 N–H and O–H groups in total. The monoisotopic (exact) mass is 283 g/mol. The van der Waals surface area contributed by atoms with Crippen LogP contribution < -0.4 is 9.47 Å². The average molecular weight is 283 g/mol. The minimum Gasteiger partial charge on any atom is -0.497 e. The third-order valence-corrected chi connectivity index (χ3v) is 3.45. The number of pyridine rings is 1. The number of aryl methyl sites for hydroxylation is 1. The molecule has 0 aliphatic heterocycles. The van der Waals surface area contributed by atoms with Gasteiger partial charge in [-0.2, -0.15) is 0 Å². The Morgan fingerprint density at radius 2 is 2.00 bits per heavy atom. The Balaban J connectivity index is 2.11. The first-order valence-corrected chi connectivity index (χ1v) is 6.82. The van der Waals surface area contributed by atoms with E-state index in [4.69, 9.17) is 9.47 Å². The lowest BCUT2D eigenvalue weighted by atomic mass is 10.2. The number of nitrogens with zero attached hydrogens (tertiary/aromatic N) is 2. The van der Waals surface area contributed by atoms with Gasteiger partial charge in [0.15, 0.2) is 0 Å². The summed E-state index contributed by atoms with van der Waals surface area (Å²) in [4.78, 5) is 12.3. The average Bonchev–Trinajstić information content (AvgIpc) is 2.96. The van der Waals surface area contributed by atoms with Crippen molar-refractivity contribution in [3.8, 4) is 22.9 Å². The van der Waals surface area contributed by atoms with Crippen molar-refractivity contribution >= 4 is 11.0 Å².